The smallest absolute Gasteiger partial charge is 0.165 e. The highest BCUT2D eigenvalue weighted by Gasteiger charge is 2.49. The minimum absolute atomic E-state index is 0.122. The van der Waals surface area contributed by atoms with E-state index in [4.69, 9.17) is 14.2 Å². The number of ketones is 2. The molecule has 3 aliphatic rings. The molecule has 1 aliphatic heterocycles. The highest BCUT2D eigenvalue weighted by Crippen LogP contribution is 2.55. The van der Waals surface area contributed by atoms with Gasteiger partial charge in [0.2, 0.25) is 0 Å². The second kappa shape index (κ2) is 14.0. The number of benzene rings is 3. The Morgan fingerprint density at radius 3 is 2.14 bits per heavy atom. The number of carbonyl (C=O) groups is 2. The summed E-state index contributed by atoms with van der Waals surface area (Å²) in [6.07, 6.45) is 5.66. The van der Waals surface area contributed by atoms with Crippen molar-refractivity contribution in [2.45, 2.75) is 85.7 Å². The number of allylic oxidation sites excluding steroid dienone is 5. The Labute approximate surface area is 291 Å². The van der Waals surface area contributed by atoms with E-state index in [1.807, 2.05) is 31.2 Å². The van der Waals surface area contributed by atoms with Gasteiger partial charge in [-0.15, -0.1) is 6.58 Å². The molecule has 0 N–H and O–H groups in total. The van der Waals surface area contributed by atoms with Gasteiger partial charge < -0.3 is 19.1 Å². The number of methoxy groups -OCH3 is 1. The molecule has 0 fully saturated rings. The zero-order valence-electron chi connectivity index (χ0n) is 30.1. The van der Waals surface area contributed by atoms with Crippen LogP contribution in [0.2, 0.25) is 0 Å². The number of nitrogens with zero attached hydrogens (tertiary/aromatic N) is 1. The number of Topliss-reactive ketones (excluding diaryl/α,β-unsaturated/α-hetero) is 2. The van der Waals surface area contributed by atoms with Crippen molar-refractivity contribution in [3.63, 3.8) is 0 Å². The summed E-state index contributed by atoms with van der Waals surface area (Å²) < 4.78 is 18.4. The zero-order valence-corrected chi connectivity index (χ0v) is 30.1. The Bertz CT molecular complexity index is 1780. The van der Waals surface area contributed by atoms with Crippen molar-refractivity contribution >= 4 is 22.3 Å². The first-order valence-corrected chi connectivity index (χ1v) is 17.8. The van der Waals surface area contributed by atoms with E-state index in [-0.39, 0.29) is 22.4 Å². The third-order valence-electron chi connectivity index (χ3n) is 10.2. The molecule has 0 unspecified atom stereocenters. The number of carbonyl (C=O) groups excluding carboxylic acids is 2. The molecule has 0 spiro atoms. The Morgan fingerprint density at radius 2 is 1.51 bits per heavy atom. The molecule has 0 saturated heterocycles. The van der Waals surface area contributed by atoms with Gasteiger partial charge in [-0.1, -0.05) is 82.3 Å². The van der Waals surface area contributed by atoms with Crippen LogP contribution in [0.25, 0.3) is 10.8 Å². The van der Waals surface area contributed by atoms with Gasteiger partial charge in [0.1, 0.15) is 6.61 Å². The number of hydrogen-bond acceptors (Lipinski definition) is 6. The molecule has 0 amide bonds. The average molecular weight is 662 g/mol. The van der Waals surface area contributed by atoms with E-state index < -0.39 is 5.92 Å². The van der Waals surface area contributed by atoms with Crippen molar-refractivity contribution in [1.29, 1.82) is 0 Å². The zero-order chi connectivity index (χ0) is 34.9. The molecule has 258 valence electrons. The van der Waals surface area contributed by atoms with Crippen LogP contribution in [0.1, 0.15) is 89.3 Å². The molecule has 6 rings (SSSR count). The van der Waals surface area contributed by atoms with Crippen molar-refractivity contribution in [2.24, 2.45) is 10.8 Å². The molecule has 0 bridgehead atoms. The molecule has 0 radical (unpaired) electrons. The van der Waals surface area contributed by atoms with Crippen LogP contribution in [-0.2, 0) is 27.4 Å². The summed E-state index contributed by atoms with van der Waals surface area (Å²) in [6, 6.07) is 18.7. The third kappa shape index (κ3) is 6.98. The standard InChI is InChI=1S/C43H51NO5/c1-8-14-29-21-31(22-37(48-9-2)41(29)49-27-30-17-12-16-28-15-10-11-18-32(28)30)38-39-33(23-42(3,4)25-35(39)45)44(19-13-20-47-7)34-24-43(5,6)26-36(46)40(34)38/h8,10-12,15-18,21-22,38H,1,9,13-14,19-20,23-27H2,2-7H3. The Hall–Kier alpha value is -4.16. The van der Waals surface area contributed by atoms with E-state index in [0.29, 0.717) is 57.1 Å². The SMILES string of the molecule is C=CCc1cc(C2C3=C(CC(C)(C)CC3=O)N(CCCOC)C3=C2C(=O)CC(C)(C)C3)cc(OCC)c1OCc1cccc2ccccc12. The maximum absolute atomic E-state index is 14.4. The summed E-state index contributed by atoms with van der Waals surface area (Å²) in [4.78, 5) is 31.0. The van der Waals surface area contributed by atoms with Crippen LogP contribution in [0.15, 0.2) is 89.8 Å². The van der Waals surface area contributed by atoms with Crippen LogP contribution in [-0.4, -0.2) is 43.3 Å². The van der Waals surface area contributed by atoms with Gasteiger partial charge in [0, 0.05) is 67.1 Å². The maximum atomic E-state index is 14.4. The van der Waals surface area contributed by atoms with Crippen LogP contribution < -0.4 is 9.47 Å². The second-order valence-electron chi connectivity index (χ2n) is 15.4. The lowest BCUT2D eigenvalue weighted by atomic mass is 9.63. The molecule has 0 aromatic heterocycles. The van der Waals surface area contributed by atoms with E-state index in [1.165, 1.54) is 0 Å². The Balaban J connectivity index is 1.51. The Morgan fingerprint density at radius 1 is 0.857 bits per heavy atom. The third-order valence-corrected chi connectivity index (χ3v) is 10.2. The lowest BCUT2D eigenvalue weighted by Crippen LogP contribution is -2.44. The van der Waals surface area contributed by atoms with Gasteiger partial charge in [-0.2, -0.15) is 0 Å². The summed E-state index contributed by atoms with van der Waals surface area (Å²) in [5.41, 5.74) is 6.19. The molecule has 3 aromatic carbocycles. The second-order valence-corrected chi connectivity index (χ2v) is 15.4. The fourth-order valence-electron chi connectivity index (χ4n) is 8.17. The molecule has 0 saturated carbocycles. The van der Waals surface area contributed by atoms with Gasteiger partial charge in [-0.25, -0.2) is 0 Å². The predicted molar refractivity (Wildman–Crippen MR) is 196 cm³/mol. The molecular weight excluding hydrogens is 610 g/mol. The van der Waals surface area contributed by atoms with E-state index in [2.05, 4.69) is 75.6 Å². The van der Waals surface area contributed by atoms with E-state index in [1.54, 1.807) is 7.11 Å². The minimum Gasteiger partial charge on any atom is -0.490 e. The molecular formula is C43H51NO5. The predicted octanol–water partition coefficient (Wildman–Crippen LogP) is 9.27. The molecule has 6 heteroatoms. The normalized spacial score (nSPS) is 18.9. The monoisotopic (exact) mass is 661 g/mol. The lowest BCUT2D eigenvalue weighted by Gasteiger charge is -2.49. The summed E-state index contributed by atoms with van der Waals surface area (Å²) in [7, 11) is 1.72. The molecule has 49 heavy (non-hydrogen) atoms. The van der Waals surface area contributed by atoms with Crippen LogP contribution in [0.3, 0.4) is 0 Å². The largest absolute Gasteiger partial charge is 0.490 e. The first-order valence-electron chi connectivity index (χ1n) is 17.8. The van der Waals surface area contributed by atoms with Gasteiger partial charge in [0.05, 0.1) is 6.61 Å². The maximum Gasteiger partial charge on any atom is 0.165 e. The van der Waals surface area contributed by atoms with Gasteiger partial charge in [-0.05, 0) is 71.4 Å². The van der Waals surface area contributed by atoms with Crippen LogP contribution in [0, 0.1) is 10.8 Å². The number of rotatable bonds is 12. The van der Waals surface area contributed by atoms with E-state index >= 15 is 0 Å². The van der Waals surface area contributed by atoms with Crippen LogP contribution in [0.4, 0.5) is 0 Å². The van der Waals surface area contributed by atoms with Crippen LogP contribution >= 0.6 is 0 Å². The van der Waals surface area contributed by atoms with Gasteiger partial charge in [0.25, 0.3) is 0 Å². The van der Waals surface area contributed by atoms with E-state index in [0.717, 1.165) is 69.3 Å². The van der Waals surface area contributed by atoms with Crippen molar-refractivity contribution in [2.75, 3.05) is 26.9 Å². The number of hydrogen-bond donors (Lipinski definition) is 0. The summed E-state index contributed by atoms with van der Waals surface area (Å²) in [5, 5.41) is 2.32. The molecule has 2 aliphatic carbocycles. The van der Waals surface area contributed by atoms with Gasteiger partial charge >= 0.3 is 0 Å². The first-order chi connectivity index (χ1) is 23.5. The summed E-state index contributed by atoms with van der Waals surface area (Å²) >= 11 is 0. The van der Waals surface area contributed by atoms with Crippen molar-refractivity contribution in [3.05, 3.63) is 106 Å². The quantitative estimate of drug-likeness (QED) is 0.142. The van der Waals surface area contributed by atoms with Gasteiger partial charge in [-0.3, -0.25) is 9.59 Å². The summed E-state index contributed by atoms with van der Waals surface area (Å²) in [5.74, 6) is 1.07. The first kappa shape index (κ1) is 34.7. The van der Waals surface area contributed by atoms with Crippen molar-refractivity contribution in [3.8, 4) is 11.5 Å². The molecule has 0 atom stereocenters. The minimum atomic E-state index is -0.467. The number of fused-ring (bicyclic) bond motifs is 1. The van der Waals surface area contributed by atoms with Crippen molar-refractivity contribution in [1.82, 2.24) is 4.90 Å². The topological polar surface area (TPSA) is 65.1 Å². The molecule has 3 aromatic rings. The Kier molecular flexibility index (Phi) is 9.90. The lowest BCUT2D eigenvalue weighted by molar-refractivity contribution is -0.119. The van der Waals surface area contributed by atoms with Crippen LogP contribution in [0.5, 0.6) is 11.5 Å². The fourth-order valence-corrected chi connectivity index (χ4v) is 8.17. The van der Waals surface area contributed by atoms with Crippen molar-refractivity contribution < 1.29 is 23.8 Å². The highest BCUT2D eigenvalue weighted by atomic mass is 16.5. The average Bonchev–Trinajstić information content (AvgIpc) is 3.04. The molecule has 1 heterocycles. The van der Waals surface area contributed by atoms with E-state index in [9.17, 15) is 9.59 Å². The summed E-state index contributed by atoms with van der Waals surface area (Å²) in [6.45, 7) is 16.9. The van der Waals surface area contributed by atoms with Gasteiger partial charge in [0.15, 0.2) is 23.1 Å². The molecule has 6 nitrogen and oxygen atoms in total. The highest BCUT2D eigenvalue weighted by molar-refractivity contribution is 6.07. The fraction of sp³-hybridized carbons (Fsp3) is 0.442. The number of ether oxygens (including phenoxy) is 3.